The van der Waals surface area contributed by atoms with Gasteiger partial charge in [0.15, 0.2) is 0 Å². The molecule has 184 valence electrons. The van der Waals surface area contributed by atoms with Crippen LogP contribution in [-0.4, -0.2) is 40.1 Å². The molecule has 0 fully saturated rings. The number of halogens is 1. The average Bonchev–Trinajstić information content (AvgIpc) is 3.40. The van der Waals surface area contributed by atoms with E-state index in [9.17, 15) is 14.0 Å². The summed E-state index contributed by atoms with van der Waals surface area (Å²) < 4.78 is 19.9. The quantitative estimate of drug-likeness (QED) is 0.216. The van der Waals surface area contributed by atoms with E-state index in [0.29, 0.717) is 43.0 Å². The van der Waals surface area contributed by atoms with Crippen LogP contribution in [0.4, 0.5) is 4.39 Å². The molecule has 2 heterocycles. The molecule has 1 amide bonds. The van der Waals surface area contributed by atoms with Crippen LogP contribution < -0.4 is 10.1 Å². The molecule has 2 aromatic carbocycles. The van der Waals surface area contributed by atoms with Gasteiger partial charge >= 0.3 is 5.97 Å². The third-order valence-electron chi connectivity index (χ3n) is 6.23. The molecule has 0 unspecified atom stereocenters. The minimum Gasteiger partial charge on any atom is -0.494 e. The lowest BCUT2D eigenvalue weighted by Crippen LogP contribution is -2.26. The summed E-state index contributed by atoms with van der Waals surface area (Å²) in [5.74, 6) is -0.561. The van der Waals surface area contributed by atoms with Gasteiger partial charge in [0.25, 0.3) is 5.91 Å². The highest BCUT2D eigenvalue weighted by molar-refractivity contribution is 5.98. The number of carboxylic acid groups (broad SMARTS) is 1. The zero-order valence-electron chi connectivity index (χ0n) is 20.0. The predicted molar refractivity (Wildman–Crippen MR) is 134 cm³/mol. The third kappa shape index (κ3) is 5.65. The van der Waals surface area contributed by atoms with E-state index in [2.05, 4.69) is 15.3 Å². The molecule has 0 spiro atoms. The Morgan fingerprint density at radius 1 is 1.06 bits per heavy atom. The fourth-order valence-corrected chi connectivity index (χ4v) is 4.42. The molecule has 2 aromatic heterocycles. The number of unbranched alkanes of at least 4 members (excludes halogenated alkanes) is 2. The molecule has 0 aliphatic carbocycles. The molecule has 0 bridgehead atoms. The van der Waals surface area contributed by atoms with Crippen molar-refractivity contribution in [3.8, 4) is 5.75 Å². The van der Waals surface area contributed by atoms with Gasteiger partial charge in [-0.2, -0.15) is 0 Å². The largest absolute Gasteiger partial charge is 0.494 e. The minimum atomic E-state index is -0.776. The molecular weight excluding hydrogens is 449 g/mol. The van der Waals surface area contributed by atoms with E-state index in [4.69, 9.17) is 9.84 Å². The Morgan fingerprint density at radius 3 is 2.69 bits per heavy atom. The number of hydrogen-bond donors (Lipinski definition) is 4. The fourth-order valence-electron chi connectivity index (χ4n) is 4.42. The number of benzene rings is 2. The summed E-state index contributed by atoms with van der Waals surface area (Å²) in [6.07, 6.45) is 2.99. The predicted octanol–water partition coefficient (Wildman–Crippen LogP) is 5.40. The summed E-state index contributed by atoms with van der Waals surface area (Å²) in [4.78, 5) is 29.6. The Kier molecular flexibility index (Phi) is 7.39. The number of aromatic amines is 2. The van der Waals surface area contributed by atoms with Crippen molar-refractivity contribution in [2.45, 2.75) is 46.0 Å². The van der Waals surface area contributed by atoms with E-state index in [1.54, 1.807) is 12.1 Å². The van der Waals surface area contributed by atoms with Crippen LogP contribution in [0.2, 0.25) is 0 Å². The first-order valence-electron chi connectivity index (χ1n) is 11.9. The number of nitrogens with one attached hydrogen (secondary N) is 3. The van der Waals surface area contributed by atoms with Crippen LogP contribution in [0.5, 0.6) is 5.75 Å². The maximum atomic E-state index is 14.2. The number of ether oxygens (including phenoxy) is 1. The Morgan fingerprint density at radius 2 is 1.89 bits per heavy atom. The minimum absolute atomic E-state index is 0.179. The summed E-state index contributed by atoms with van der Waals surface area (Å²) in [5, 5.41) is 13.4. The Bertz CT molecular complexity index is 1370. The number of aryl methyl sites for hydroxylation is 2. The van der Waals surface area contributed by atoms with Crippen LogP contribution in [0.25, 0.3) is 21.8 Å². The molecule has 0 saturated carbocycles. The summed E-state index contributed by atoms with van der Waals surface area (Å²) >= 11 is 0. The maximum Gasteiger partial charge on any atom is 0.303 e. The van der Waals surface area contributed by atoms with E-state index in [1.165, 1.54) is 6.07 Å². The monoisotopic (exact) mass is 479 g/mol. The van der Waals surface area contributed by atoms with Crippen LogP contribution in [0.3, 0.4) is 0 Å². The Hall–Kier alpha value is -3.81. The summed E-state index contributed by atoms with van der Waals surface area (Å²) in [5.41, 5.74) is 4.70. The molecule has 4 N–H and O–H groups in total. The summed E-state index contributed by atoms with van der Waals surface area (Å²) in [6.45, 7) is 4.81. The summed E-state index contributed by atoms with van der Waals surface area (Å²) in [7, 11) is 0. The van der Waals surface area contributed by atoms with Crippen molar-refractivity contribution in [2.75, 3.05) is 13.2 Å². The lowest BCUT2D eigenvalue weighted by atomic mass is 10.0. The Labute approximate surface area is 202 Å². The van der Waals surface area contributed by atoms with E-state index in [1.807, 2.05) is 32.0 Å². The highest BCUT2D eigenvalue weighted by atomic mass is 19.1. The molecule has 35 heavy (non-hydrogen) atoms. The van der Waals surface area contributed by atoms with Gasteiger partial charge in [0.2, 0.25) is 0 Å². The second kappa shape index (κ2) is 10.6. The van der Waals surface area contributed by atoms with Crippen molar-refractivity contribution < 1.29 is 23.8 Å². The SMILES string of the molecule is Cc1[nH]c2c(F)ccc(C)c2c1CCNC(=O)c1cc2ccc(OCCCCCC(=O)O)cc2[nH]1. The molecule has 4 aromatic rings. The van der Waals surface area contributed by atoms with Crippen molar-refractivity contribution in [1.82, 2.24) is 15.3 Å². The van der Waals surface area contributed by atoms with Gasteiger partial charge < -0.3 is 25.1 Å². The first-order chi connectivity index (χ1) is 16.8. The van der Waals surface area contributed by atoms with Gasteiger partial charge in [-0.1, -0.05) is 6.07 Å². The molecule has 4 rings (SSSR count). The summed E-state index contributed by atoms with van der Waals surface area (Å²) in [6, 6.07) is 10.7. The third-order valence-corrected chi connectivity index (χ3v) is 6.23. The van der Waals surface area contributed by atoms with E-state index < -0.39 is 5.97 Å². The van der Waals surface area contributed by atoms with Crippen LogP contribution in [0, 0.1) is 19.7 Å². The zero-order valence-corrected chi connectivity index (χ0v) is 20.0. The molecule has 8 heteroatoms. The molecule has 0 radical (unpaired) electrons. The second-order valence-corrected chi connectivity index (χ2v) is 8.83. The number of rotatable bonds is 11. The first-order valence-corrected chi connectivity index (χ1v) is 11.9. The smallest absolute Gasteiger partial charge is 0.303 e. The van der Waals surface area contributed by atoms with Gasteiger partial charge in [-0.15, -0.1) is 0 Å². The van der Waals surface area contributed by atoms with Gasteiger partial charge in [-0.25, -0.2) is 4.39 Å². The van der Waals surface area contributed by atoms with E-state index in [0.717, 1.165) is 46.0 Å². The number of carbonyl (C=O) groups is 2. The average molecular weight is 480 g/mol. The van der Waals surface area contributed by atoms with Gasteiger partial charge in [0.1, 0.15) is 17.3 Å². The number of amides is 1. The highest BCUT2D eigenvalue weighted by Crippen LogP contribution is 2.28. The van der Waals surface area contributed by atoms with Crippen LogP contribution in [-0.2, 0) is 11.2 Å². The lowest BCUT2D eigenvalue weighted by molar-refractivity contribution is -0.137. The Balaban J connectivity index is 1.33. The number of carboxylic acids is 1. The normalized spacial score (nSPS) is 11.3. The van der Waals surface area contributed by atoms with Crippen molar-refractivity contribution in [1.29, 1.82) is 0 Å². The van der Waals surface area contributed by atoms with Gasteiger partial charge in [0, 0.05) is 41.0 Å². The van der Waals surface area contributed by atoms with Crippen molar-refractivity contribution in [3.63, 3.8) is 0 Å². The number of carbonyl (C=O) groups excluding carboxylic acids is 1. The number of H-pyrrole nitrogens is 2. The van der Waals surface area contributed by atoms with Crippen LogP contribution in [0.1, 0.15) is 53.0 Å². The van der Waals surface area contributed by atoms with Gasteiger partial charge in [-0.3, -0.25) is 9.59 Å². The number of hydrogen-bond acceptors (Lipinski definition) is 3. The second-order valence-electron chi connectivity index (χ2n) is 8.83. The van der Waals surface area contributed by atoms with Gasteiger partial charge in [-0.05, 0) is 74.9 Å². The number of aliphatic carboxylic acids is 1. The maximum absolute atomic E-state index is 14.2. The number of fused-ring (bicyclic) bond motifs is 2. The van der Waals surface area contributed by atoms with Crippen molar-refractivity contribution >= 4 is 33.7 Å². The molecule has 0 aliphatic heterocycles. The van der Waals surface area contributed by atoms with Crippen molar-refractivity contribution in [3.05, 3.63) is 64.7 Å². The standard InChI is InChI=1S/C27H30FN3O4/c1-16-7-10-21(28)26-25(16)20(17(2)30-26)11-12-29-27(34)23-14-18-8-9-19(15-22(18)31-23)35-13-5-3-4-6-24(32)33/h7-10,14-15,30-31H,3-6,11-13H2,1-2H3,(H,29,34)(H,32,33). The fraction of sp³-hybridized carbons (Fsp3) is 0.333. The highest BCUT2D eigenvalue weighted by Gasteiger charge is 2.15. The van der Waals surface area contributed by atoms with Crippen LogP contribution >= 0.6 is 0 Å². The molecule has 0 atom stereocenters. The lowest BCUT2D eigenvalue weighted by Gasteiger charge is -2.06. The first kappa shape index (κ1) is 24.3. The number of aromatic nitrogens is 2. The van der Waals surface area contributed by atoms with Gasteiger partial charge in [0.05, 0.1) is 12.1 Å². The van der Waals surface area contributed by atoms with Crippen molar-refractivity contribution in [2.24, 2.45) is 0 Å². The van der Waals surface area contributed by atoms with E-state index in [-0.39, 0.29) is 18.1 Å². The molecular formula is C27H30FN3O4. The zero-order chi connectivity index (χ0) is 24.9. The molecule has 0 saturated heterocycles. The molecule has 7 nitrogen and oxygen atoms in total. The molecule has 0 aliphatic rings. The topological polar surface area (TPSA) is 107 Å². The van der Waals surface area contributed by atoms with E-state index >= 15 is 0 Å². The van der Waals surface area contributed by atoms with Crippen LogP contribution in [0.15, 0.2) is 36.4 Å².